The highest BCUT2D eigenvalue weighted by molar-refractivity contribution is 5.98. The molecule has 0 radical (unpaired) electrons. The van der Waals surface area contributed by atoms with Crippen LogP contribution in [0.2, 0.25) is 0 Å². The monoisotopic (exact) mass is 380 g/mol. The van der Waals surface area contributed by atoms with Crippen molar-refractivity contribution < 1.29 is 23.1 Å². The molecule has 1 atom stereocenters. The zero-order chi connectivity index (χ0) is 19.8. The van der Waals surface area contributed by atoms with E-state index in [0.717, 1.165) is 23.9 Å². The number of alkyl halides is 3. The van der Waals surface area contributed by atoms with Gasteiger partial charge in [-0.2, -0.15) is 18.3 Å². The zero-order valence-electron chi connectivity index (χ0n) is 14.0. The molecule has 0 bridgehead atoms. The maximum Gasteiger partial charge on any atom is 0.417 e. The Bertz CT molecular complexity index is 1050. The Balaban J connectivity index is 1.81. The second kappa shape index (κ2) is 6.54. The number of aromatic nitrogens is 3. The van der Waals surface area contributed by atoms with E-state index >= 15 is 0 Å². The van der Waals surface area contributed by atoms with E-state index in [9.17, 15) is 27.9 Å². The molecule has 0 fully saturated rings. The highest BCUT2D eigenvalue weighted by Gasteiger charge is 2.34. The van der Waals surface area contributed by atoms with Crippen LogP contribution in [0.5, 0.6) is 0 Å². The van der Waals surface area contributed by atoms with Gasteiger partial charge < -0.3 is 15.0 Å². The van der Waals surface area contributed by atoms with Gasteiger partial charge in [0.2, 0.25) is 0 Å². The molecule has 0 aliphatic rings. The van der Waals surface area contributed by atoms with Gasteiger partial charge in [0.05, 0.1) is 23.8 Å². The summed E-state index contributed by atoms with van der Waals surface area (Å²) in [5.74, 6) is -0.866. The van der Waals surface area contributed by atoms with Gasteiger partial charge in [-0.25, -0.2) is 0 Å². The van der Waals surface area contributed by atoms with Crippen LogP contribution in [0.1, 0.15) is 12.5 Å². The minimum Gasteiger partial charge on any atom is -0.378 e. The van der Waals surface area contributed by atoms with Gasteiger partial charge in [0.1, 0.15) is 0 Å². The first-order chi connectivity index (χ1) is 12.6. The Morgan fingerprint density at radius 1 is 1.30 bits per heavy atom. The number of rotatable bonds is 4. The van der Waals surface area contributed by atoms with Gasteiger partial charge >= 0.3 is 6.18 Å². The number of nitrogens with one attached hydrogen (secondary N) is 2. The number of aliphatic hydroxyl groups is 1. The number of halogens is 3. The highest BCUT2D eigenvalue weighted by Crippen LogP contribution is 2.28. The number of carbonyl (C=O) groups is 1. The lowest BCUT2D eigenvalue weighted by atomic mass is 10.1. The second-order valence-corrected chi connectivity index (χ2v) is 6.28. The third-order valence-electron chi connectivity index (χ3n) is 3.98. The molecule has 0 aliphatic carbocycles. The van der Waals surface area contributed by atoms with Gasteiger partial charge in [-0.1, -0.05) is 0 Å². The van der Waals surface area contributed by atoms with Gasteiger partial charge in [0, 0.05) is 23.3 Å². The van der Waals surface area contributed by atoms with E-state index in [-0.39, 0.29) is 0 Å². The van der Waals surface area contributed by atoms with Crippen molar-refractivity contribution in [1.29, 1.82) is 0 Å². The van der Waals surface area contributed by atoms with Crippen LogP contribution in [-0.2, 0) is 17.5 Å². The zero-order valence-corrected chi connectivity index (χ0v) is 14.0. The van der Waals surface area contributed by atoms with Crippen LogP contribution in [0.25, 0.3) is 10.9 Å². The molecule has 0 saturated heterocycles. The van der Waals surface area contributed by atoms with Gasteiger partial charge in [0.25, 0.3) is 11.5 Å². The summed E-state index contributed by atoms with van der Waals surface area (Å²) in [5, 5.41) is 20.2. The van der Waals surface area contributed by atoms with E-state index in [4.69, 9.17) is 0 Å². The van der Waals surface area contributed by atoms with Gasteiger partial charge in [-0.05, 0) is 31.2 Å². The first-order valence-corrected chi connectivity index (χ1v) is 7.81. The van der Waals surface area contributed by atoms with Crippen LogP contribution in [0.15, 0.2) is 47.5 Å². The molecule has 142 valence electrons. The van der Waals surface area contributed by atoms with Gasteiger partial charge in [-0.3, -0.25) is 14.7 Å². The molecule has 2 aromatic heterocycles. The maximum absolute atomic E-state index is 12.8. The summed E-state index contributed by atoms with van der Waals surface area (Å²) >= 11 is 0. The lowest BCUT2D eigenvalue weighted by Gasteiger charge is -2.23. The first-order valence-electron chi connectivity index (χ1n) is 7.81. The Morgan fingerprint density at radius 3 is 2.74 bits per heavy atom. The molecule has 3 rings (SSSR count). The second-order valence-electron chi connectivity index (χ2n) is 6.28. The predicted molar refractivity (Wildman–Crippen MR) is 91.1 cm³/mol. The highest BCUT2D eigenvalue weighted by atomic mass is 19.4. The summed E-state index contributed by atoms with van der Waals surface area (Å²) in [6, 6.07) is 6.25. The number of carbonyl (C=O) groups excluding carboxylic acids is 1. The summed E-state index contributed by atoms with van der Waals surface area (Å²) in [5.41, 5.74) is -2.83. The smallest absolute Gasteiger partial charge is 0.378 e. The number of aromatic amines is 1. The minimum absolute atomic E-state index is 0.366. The molecule has 0 saturated carbocycles. The van der Waals surface area contributed by atoms with Crippen molar-refractivity contribution in [2.45, 2.75) is 25.2 Å². The van der Waals surface area contributed by atoms with Gasteiger partial charge in [-0.15, -0.1) is 0 Å². The third kappa shape index (κ3) is 4.00. The Hall–Kier alpha value is -3.14. The Labute approximate surface area is 150 Å². The fraction of sp³-hybridized carbons (Fsp3) is 0.235. The SMILES string of the molecule is CC(O)(Cn1cc(C(F)(F)F)ccc1=O)C(=O)Nc1ccc2[nH]ncc2c1. The topological polar surface area (TPSA) is 100 Å². The number of pyridine rings is 1. The fourth-order valence-corrected chi connectivity index (χ4v) is 2.51. The number of H-pyrrole nitrogens is 1. The molecule has 1 unspecified atom stereocenters. The van der Waals surface area contributed by atoms with Crippen molar-refractivity contribution in [3.63, 3.8) is 0 Å². The van der Waals surface area contributed by atoms with E-state index in [0.29, 0.717) is 22.5 Å². The fourth-order valence-electron chi connectivity index (χ4n) is 2.51. The molecule has 3 N–H and O–H groups in total. The Morgan fingerprint density at radius 2 is 2.04 bits per heavy atom. The summed E-state index contributed by atoms with van der Waals surface area (Å²) in [7, 11) is 0. The molecule has 2 heterocycles. The van der Waals surface area contributed by atoms with Crippen LogP contribution < -0.4 is 10.9 Å². The van der Waals surface area contributed by atoms with Crippen LogP contribution in [0.3, 0.4) is 0 Å². The average molecular weight is 380 g/mol. The molecule has 0 spiro atoms. The van der Waals surface area contributed by atoms with Crippen LogP contribution in [0.4, 0.5) is 18.9 Å². The number of fused-ring (bicyclic) bond motifs is 1. The molecule has 10 heteroatoms. The van der Waals surface area contributed by atoms with E-state index < -0.39 is 35.4 Å². The minimum atomic E-state index is -4.65. The number of hydrogen-bond donors (Lipinski definition) is 3. The number of hydrogen-bond acceptors (Lipinski definition) is 4. The molecular weight excluding hydrogens is 365 g/mol. The predicted octanol–water partition coefficient (Wildman–Crippen LogP) is 2.13. The molecule has 7 nitrogen and oxygen atoms in total. The lowest BCUT2D eigenvalue weighted by Crippen LogP contribution is -2.45. The summed E-state index contributed by atoms with van der Waals surface area (Å²) in [6.45, 7) is 0.473. The lowest BCUT2D eigenvalue weighted by molar-refractivity contribution is -0.138. The quantitative estimate of drug-likeness (QED) is 0.646. The molecule has 1 aromatic carbocycles. The maximum atomic E-state index is 12.8. The van der Waals surface area contributed by atoms with Crippen LogP contribution in [0, 0.1) is 0 Å². The van der Waals surface area contributed by atoms with Crippen molar-refractivity contribution in [1.82, 2.24) is 14.8 Å². The third-order valence-corrected chi connectivity index (χ3v) is 3.98. The van der Waals surface area contributed by atoms with Crippen LogP contribution >= 0.6 is 0 Å². The molecular formula is C17H15F3N4O3. The van der Waals surface area contributed by atoms with Crippen LogP contribution in [-0.4, -0.2) is 31.4 Å². The van der Waals surface area contributed by atoms with Crippen molar-refractivity contribution in [3.05, 3.63) is 58.6 Å². The number of nitrogens with zero attached hydrogens (tertiary/aromatic N) is 2. The Kier molecular flexibility index (Phi) is 4.52. The van der Waals surface area contributed by atoms with E-state index in [1.165, 1.54) is 0 Å². The van der Waals surface area contributed by atoms with Gasteiger partial charge in [0.15, 0.2) is 5.60 Å². The number of amides is 1. The van der Waals surface area contributed by atoms with Crippen molar-refractivity contribution >= 4 is 22.5 Å². The first kappa shape index (κ1) is 18.6. The number of anilines is 1. The number of benzene rings is 1. The van der Waals surface area contributed by atoms with Crippen molar-refractivity contribution in [2.24, 2.45) is 0 Å². The molecule has 27 heavy (non-hydrogen) atoms. The average Bonchev–Trinajstić information content (AvgIpc) is 3.03. The van der Waals surface area contributed by atoms with E-state index in [1.54, 1.807) is 24.4 Å². The summed E-state index contributed by atoms with van der Waals surface area (Å²) < 4.78 is 39.1. The van der Waals surface area contributed by atoms with E-state index in [2.05, 4.69) is 15.5 Å². The molecule has 1 amide bonds. The van der Waals surface area contributed by atoms with E-state index in [1.807, 2.05) is 0 Å². The molecule has 3 aromatic rings. The normalized spacial score (nSPS) is 14.1. The van der Waals surface area contributed by atoms with Crippen molar-refractivity contribution in [3.8, 4) is 0 Å². The largest absolute Gasteiger partial charge is 0.417 e. The summed E-state index contributed by atoms with van der Waals surface area (Å²) in [6.07, 6.45) is -2.53. The standard InChI is InChI=1S/C17H15F3N4O3/c1-16(27,9-24-8-11(17(18,19)20)2-5-14(24)25)15(26)22-12-3-4-13-10(6-12)7-21-23-13/h2-8,27H,9H2,1H3,(H,21,23)(H,22,26). The summed E-state index contributed by atoms with van der Waals surface area (Å²) in [4.78, 5) is 24.2. The molecule has 0 aliphatic heterocycles. The van der Waals surface area contributed by atoms with Crippen molar-refractivity contribution in [2.75, 3.05) is 5.32 Å².